The fourth-order valence-electron chi connectivity index (χ4n) is 4.98. The molecule has 3 atom stereocenters. The Morgan fingerprint density at radius 3 is 2.57 bits per heavy atom. The molecule has 0 aromatic carbocycles. The molecule has 0 bridgehead atoms. The number of hydrogen-bond acceptors (Lipinski definition) is 8. The molecule has 1 saturated carbocycles. The highest BCUT2D eigenvalue weighted by Crippen LogP contribution is 2.55. The molecule has 2 heterocycles. The van der Waals surface area contributed by atoms with Gasteiger partial charge in [-0.3, -0.25) is 9.59 Å². The van der Waals surface area contributed by atoms with E-state index < -0.39 is 5.60 Å². The average Bonchev–Trinajstić information content (AvgIpc) is 3.25. The lowest BCUT2D eigenvalue weighted by Crippen LogP contribution is -2.60. The van der Waals surface area contributed by atoms with Gasteiger partial charge in [0.1, 0.15) is 11.4 Å². The van der Waals surface area contributed by atoms with Gasteiger partial charge in [0.2, 0.25) is 5.91 Å². The quantitative estimate of drug-likeness (QED) is 0.131. The number of aromatic nitrogens is 1. The van der Waals surface area contributed by atoms with Crippen molar-refractivity contribution >= 4 is 58.1 Å². The van der Waals surface area contributed by atoms with Gasteiger partial charge in [-0.25, -0.2) is 9.78 Å². The molecule has 3 rings (SSSR count). The van der Waals surface area contributed by atoms with E-state index in [9.17, 15) is 14.4 Å². The van der Waals surface area contributed by atoms with Crippen LogP contribution in [0.4, 0.5) is 4.79 Å². The van der Waals surface area contributed by atoms with Crippen LogP contribution in [0.25, 0.3) is 0 Å². The van der Waals surface area contributed by atoms with Gasteiger partial charge in [0, 0.05) is 31.2 Å². The minimum Gasteiger partial charge on any atom is -0.444 e. The first-order valence-electron chi connectivity index (χ1n) is 13.2. The second-order valence-corrected chi connectivity index (χ2v) is 13.6. The number of ether oxygens (including phenoxy) is 1. The Balaban J connectivity index is 1.50. The summed E-state index contributed by atoms with van der Waals surface area (Å²) >= 11 is 9.56. The maximum absolute atomic E-state index is 13.3. The molecule has 2 fully saturated rings. The third-order valence-corrected chi connectivity index (χ3v) is 9.50. The third kappa shape index (κ3) is 8.65. The van der Waals surface area contributed by atoms with Crippen molar-refractivity contribution in [3.05, 3.63) is 10.9 Å². The number of Topliss-reactive ketones (excluding diaryl/α,β-unsaturated/α-hetero) is 1. The number of nitrogens with one attached hydrogen (secondary N) is 1. The molecule has 11 heteroatoms. The summed E-state index contributed by atoms with van der Waals surface area (Å²) in [6, 6.07) is 0. The van der Waals surface area contributed by atoms with Crippen LogP contribution in [0.3, 0.4) is 0 Å². The predicted octanol–water partition coefficient (Wildman–Crippen LogP) is 6.24. The van der Waals surface area contributed by atoms with Crippen LogP contribution in [-0.4, -0.2) is 57.0 Å². The van der Waals surface area contributed by atoms with Crippen LogP contribution in [-0.2, 0) is 14.3 Å². The standard InChI is InChI=1S/C26H40BrN3O5S2/c1-5-17(31)9-7-6-8-10-20(37-23-28-16-19(27)34-23)29-22(32)18-15-26(21(18)36)11-13-30(14-12-26)24(33)35-25(2,3)4/h16,18,20-21,36H,5-15H2,1-4H3,(H,29,32)/t18-,20+,21?/m0/s1. The predicted molar refractivity (Wildman–Crippen MR) is 151 cm³/mol. The van der Waals surface area contributed by atoms with Crippen molar-refractivity contribution in [2.45, 2.75) is 107 Å². The van der Waals surface area contributed by atoms with Crippen LogP contribution in [0, 0.1) is 11.3 Å². The summed E-state index contributed by atoms with van der Waals surface area (Å²) in [5.74, 6) is 0.127. The van der Waals surface area contributed by atoms with E-state index in [0.29, 0.717) is 41.6 Å². The number of carbonyl (C=O) groups is 3. The van der Waals surface area contributed by atoms with Crippen molar-refractivity contribution in [2.24, 2.45) is 11.3 Å². The number of likely N-dealkylation sites (tertiary alicyclic amines) is 1. The molecule has 1 aliphatic heterocycles. The van der Waals surface area contributed by atoms with E-state index in [4.69, 9.17) is 21.8 Å². The number of hydrogen-bond donors (Lipinski definition) is 2. The van der Waals surface area contributed by atoms with Crippen molar-refractivity contribution in [1.82, 2.24) is 15.2 Å². The number of thiol groups is 1. The van der Waals surface area contributed by atoms with Gasteiger partial charge in [-0.05, 0) is 86.0 Å². The molecule has 208 valence electrons. The number of piperidine rings is 1. The number of nitrogens with zero attached hydrogens (tertiary/aromatic N) is 2. The summed E-state index contributed by atoms with van der Waals surface area (Å²) in [6.45, 7) is 8.75. The summed E-state index contributed by atoms with van der Waals surface area (Å²) in [6.07, 6.45) is 8.40. The van der Waals surface area contributed by atoms with Crippen LogP contribution in [0.1, 0.15) is 85.5 Å². The Morgan fingerprint density at radius 2 is 2.00 bits per heavy atom. The summed E-state index contributed by atoms with van der Waals surface area (Å²) < 4.78 is 11.6. The fourth-order valence-corrected chi connectivity index (χ4v) is 6.90. The van der Waals surface area contributed by atoms with Crippen LogP contribution in [0.2, 0.25) is 0 Å². The molecule has 1 aromatic rings. The fraction of sp³-hybridized carbons (Fsp3) is 0.769. The molecule has 1 saturated heterocycles. The minimum atomic E-state index is -0.513. The molecule has 1 N–H and O–H groups in total. The Labute approximate surface area is 238 Å². The smallest absolute Gasteiger partial charge is 0.410 e. The molecular weight excluding hydrogens is 578 g/mol. The second-order valence-electron chi connectivity index (χ2n) is 11.1. The van der Waals surface area contributed by atoms with Crippen molar-refractivity contribution in [3.63, 3.8) is 0 Å². The van der Waals surface area contributed by atoms with Crippen LogP contribution >= 0.6 is 40.3 Å². The number of amides is 2. The van der Waals surface area contributed by atoms with E-state index in [1.54, 1.807) is 11.1 Å². The van der Waals surface area contributed by atoms with E-state index in [1.807, 2.05) is 27.7 Å². The average molecular weight is 619 g/mol. The summed E-state index contributed by atoms with van der Waals surface area (Å²) in [4.78, 5) is 43.2. The van der Waals surface area contributed by atoms with Crippen LogP contribution < -0.4 is 5.32 Å². The molecule has 2 amide bonds. The largest absolute Gasteiger partial charge is 0.444 e. The topological polar surface area (TPSA) is 102 Å². The van der Waals surface area contributed by atoms with E-state index in [-0.39, 0.29) is 34.0 Å². The zero-order chi connectivity index (χ0) is 27.2. The van der Waals surface area contributed by atoms with Gasteiger partial charge in [-0.15, -0.1) is 0 Å². The van der Waals surface area contributed by atoms with Crippen LogP contribution in [0.15, 0.2) is 20.5 Å². The monoisotopic (exact) mass is 617 g/mol. The number of unbranched alkanes of at least 4 members (excludes halogenated alkanes) is 2. The molecule has 8 nitrogen and oxygen atoms in total. The first-order chi connectivity index (χ1) is 17.4. The Morgan fingerprint density at radius 1 is 1.30 bits per heavy atom. The summed E-state index contributed by atoms with van der Waals surface area (Å²) in [5, 5.41) is 3.48. The van der Waals surface area contributed by atoms with Crippen molar-refractivity contribution in [3.8, 4) is 0 Å². The molecular formula is C26H40BrN3O5S2. The highest BCUT2D eigenvalue weighted by Gasteiger charge is 2.56. The number of halogens is 1. The lowest BCUT2D eigenvalue weighted by Gasteiger charge is -2.56. The van der Waals surface area contributed by atoms with E-state index >= 15 is 0 Å². The van der Waals surface area contributed by atoms with E-state index in [1.165, 1.54) is 11.8 Å². The van der Waals surface area contributed by atoms with Gasteiger partial charge in [0.15, 0.2) is 4.67 Å². The van der Waals surface area contributed by atoms with Crippen LogP contribution in [0.5, 0.6) is 0 Å². The zero-order valence-corrected chi connectivity index (χ0v) is 25.6. The maximum atomic E-state index is 13.3. The van der Waals surface area contributed by atoms with Gasteiger partial charge in [-0.2, -0.15) is 12.6 Å². The molecule has 1 aromatic heterocycles. The van der Waals surface area contributed by atoms with Gasteiger partial charge in [0.25, 0.3) is 5.22 Å². The molecule has 37 heavy (non-hydrogen) atoms. The van der Waals surface area contributed by atoms with E-state index in [0.717, 1.165) is 44.9 Å². The van der Waals surface area contributed by atoms with Crippen molar-refractivity contribution < 1.29 is 23.5 Å². The number of thioether (sulfide) groups is 1. The van der Waals surface area contributed by atoms with Crippen molar-refractivity contribution in [1.29, 1.82) is 0 Å². The highest BCUT2D eigenvalue weighted by atomic mass is 79.9. The molecule has 2 aliphatic rings. The molecule has 1 spiro atoms. The number of ketones is 1. The second kappa shape index (κ2) is 13.2. The van der Waals surface area contributed by atoms with Gasteiger partial charge in [0.05, 0.1) is 17.5 Å². The Hall–Kier alpha value is -1.20. The van der Waals surface area contributed by atoms with Gasteiger partial charge in [-0.1, -0.05) is 19.8 Å². The normalized spacial score (nSPS) is 21.8. The SMILES string of the molecule is CCC(=O)CCCCC[C@H](NC(=O)[C@H]1CC2(CCN(C(=O)OC(C)(C)C)CC2)C1S)Sc1ncc(Br)o1. The number of carbonyl (C=O) groups excluding carboxylic acids is 3. The highest BCUT2D eigenvalue weighted by molar-refractivity contribution is 9.10. The lowest BCUT2D eigenvalue weighted by atomic mass is 9.56. The number of rotatable bonds is 11. The minimum absolute atomic E-state index is 0.00415. The first-order valence-corrected chi connectivity index (χ1v) is 15.4. The molecule has 1 aliphatic carbocycles. The van der Waals surface area contributed by atoms with Gasteiger partial charge >= 0.3 is 6.09 Å². The van der Waals surface area contributed by atoms with E-state index in [2.05, 4.69) is 26.2 Å². The molecule has 0 radical (unpaired) electrons. The summed E-state index contributed by atoms with van der Waals surface area (Å²) in [7, 11) is 0. The molecule has 1 unspecified atom stereocenters. The van der Waals surface area contributed by atoms with Gasteiger partial charge < -0.3 is 19.4 Å². The lowest BCUT2D eigenvalue weighted by molar-refractivity contribution is -0.134. The number of oxazole rings is 1. The third-order valence-electron chi connectivity index (χ3n) is 7.20. The zero-order valence-electron chi connectivity index (χ0n) is 22.3. The Bertz CT molecular complexity index is 943. The first kappa shape index (κ1) is 30.3. The Kier molecular flexibility index (Phi) is 10.9. The maximum Gasteiger partial charge on any atom is 0.410 e. The summed E-state index contributed by atoms with van der Waals surface area (Å²) in [5.41, 5.74) is -0.536. The van der Waals surface area contributed by atoms with Crippen molar-refractivity contribution in [2.75, 3.05) is 13.1 Å².